The number of ether oxygens (including phenoxy) is 2. The van der Waals surface area contributed by atoms with Crippen LogP contribution in [0.3, 0.4) is 0 Å². The summed E-state index contributed by atoms with van der Waals surface area (Å²) < 4.78 is 15.0. The van der Waals surface area contributed by atoms with E-state index in [4.69, 9.17) is 9.15 Å². The van der Waals surface area contributed by atoms with Gasteiger partial charge in [-0.1, -0.05) is 12.1 Å². The molecule has 1 heterocycles. The third-order valence-corrected chi connectivity index (χ3v) is 2.78. The van der Waals surface area contributed by atoms with Crippen LogP contribution in [-0.4, -0.2) is 20.2 Å². The van der Waals surface area contributed by atoms with Crippen LogP contribution in [0.15, 0.2) is 41.0 Å². The average molecular weight is 275 g/mol. The first-order chi connectivity index (χ1) is 9.72. The number of anilines is 1. The number of nitrogens with one attached hydrogen (secondary N) is 1. The predicted octanol–water partition coefficient (Wildman–Crippen LogP) is 2.82. The summed E-state index contributed by atoms with van der Waals surface area (Å²) in [6, 6.07) is 9.59. The molecule has 0 saturated carbocycles. The fourth-order valence-corrected chi connectivity index (χ4v) is 1.83. The van der Waals surface area contributed by atoms with Crippen LogP contribution in [0.5, 0.6) is 0 Å². The van der Waals surface area contributed by atoms with E-state index in [-0.39, 0.29) is 0 Å². The highest BCUT2D eigenvalue weighted by Crippen LogP contribution is 2.14. The number of esters is 1. The molecule has 0 atom stereocenters. The summed E-state index contributed by atoms with van der Waals surface area (Å²) in [6.45, 7) is 1.07. The van der Waals surface area contributed by atoms with Gasteiger partial charge >= 0.3 is 5.97 Å². The number of carbonyl (C=O) groups excluding carboxylic acids is 1. The molecule has 0 saturated heterocycles. The minimum absolute atomic E-state index is 0.401. The van der Waals surface area contributed by atoms with Gasteiger partial charge in [0.15, 0.2) is 0 Å². The first-order valence-electron chi connectivity index (χ1n) is 6.20. The Morgan fingerprint density at radius 2 is 2.15 bits per heavy atom. The SMILES string of the molecule is COCc1cccc(NCc2cc(C(=O)OC)co2)c1. The largest absolute Gasteiger partial charge is 0.467 e. The Morgan fingerprint density at radius 3 is 2.90 bits per heavy atom. The van der Waals surface area contributed by atoms with Gasteiger partial charge in [0.05, 0.1) is 25.8 Å². The van der Waals surface area contributed by atoms with E-state index in [1.807, 2.05) is 24.3 Å². The topological polar surface area (TPSA) is 60.7 Å². The molecule has 1 aromatic heterocycles. The molecule has 0 aliphatic heterocycles. The Balaban J connectivity index is 1.96. The molecule has 0 spiro atoms. The van der Waals surface area contributed by atoms with Gasteiger partial charge in [-0.2, -0.15) is 0 Å². The maximum atomic E-state index is 11.3. The molecule has 0 radical (unpaired) electrons. The maximum Gasteiger partial charge on any atom is 0.341 e. The summed E-state index contributed by atoms with van der Waals surface area (Å²) in [5.41, 5.74) is 2.47. The normalized spacial score (nSPS) is 10.3. The average Bonchev–Trinajstić information content (AvgIpc) is 2.94. The number of rotatable bonds is 6. The monoisotopic (exact) mass is 275 g/mol. The molecule has 0 amide bonds. The van der Waals surface area contributed by atoms with Gasteiger partial charge in [0.1, 0.15) is 12.0 Å². The number of carbonyl (C=O) groups is 1. The molecule has 0 unspecified atom stereocenters. The number of furan rings is 1. The van der Waals surface area contributed by atoms with Crippen molar-refractivity contribution in [1.29, 1.82) is 0 Å². The number of hydrogen-bond acceptors (Lipinski definition) is 5. The lowest BCUT2D eigenvalue weighted by Crippen LogP contribution is -2.00. The summed E-state index contributed by atoms with van der Waals surface area (Å²) in [4.78, 5) is 11.3. The number of hydrogen-bond donors (Lipinski definition) is 1. The lowest BCUT2D eigenvalue weighted by Gasteiger charge is -2.06. The highest BCUT2D eigenvalue weighted by molar-refractivity contribution is 5.88. The molecule has 2 aromatic rings. The summed E-state index contributed by atoms with van der Waals surface area (Å²) in [6.07, 6.45) is 1.39. The second-order valence-electron chi connectivity index (χ2n) is 4.28. The molecule has 1 aromatic carbocycles. The predicted molar refractivity (Wildman–Crippen MR) is 74.5 cm³/mol. The molecule has 5 nitrogen and oxygen atoms in total. The second kappa shape index (κ2) is 6.77. The van der Waals surface area contributed by atoms with Crippen molar-refractivity contribution in [1.82, 2.24) is 0 Å². The van der Waals surface area contributed by atoms with Crippen LogP contribution >= 0.6 is 0 Å². The van der Waals surface area contributed by atoms with E-state index in [0.717, 1.165) is 11.3 Å². The van der Waals surface area contributed by atoms with Crippen LogP contribution in [0.4, 0.5) is 5.69 Å². The Labute approximate surface area is 117 Å². The molecule has 20 heavy (non-hydrogen) atoms. The fraction of sp³-hybridized carbons (Fsp3) is 0.267. The van der Waals surface area contributed by atoms with E-state index in [2.05, 4.69) is 10.1 Å². The van der Waals surface area contributed by atoms with Gasteiger partial charge in [0.25, 0.3) is 0 Å². The quantitative estimate of drug-likeness (QED) is 0.821. The summed E-state index contributed by atoms with van der Waals surface area (Å²) >= 11 is 0. The summed E-state index contributed by atoms with van der Waals surface area (Å²) in [5.74, 6) is 0.268. The zero-order valence-corrected chi connectivity index (χ0v) is 11.5. The lowest BCUT2D eigenvalue weighted by atomic mass is 10.2. The van der Waals surface area contributed by atoms with Gasteiger partial charge < -0.3 is 19.2 Å². The third-order valence-electron chi connectivity index (χ3n) is 2.78. The highest BCUT2D eigenvalue weighted by atomic mass is 16.5. The van der Waals surface area contributed by atoms with Crippen molar-refractivity contribution in [2.24, 2.45) is 0 Å². The molecule has 2 rings (SSSR count). The van der Waals surface area contributed by atoms with Gasteiger partial charge in [-0.3, -0.25) is 0 Å². The number of benzene rings is 1. The van der Waals surface area contributed by atoms with Crippen LogP contribution in [-0.2, 0) is 22.6 Å². The maximum absolute atomic E-state index is 11.3. The van der Waals surface area contributed by atoms with Gasteiger partial charge in [-0.15, -0.1) is 0 Å². The Hall–Kier alpha value is -2.27. The van der Waals surface area contributed by atoms with Crippen LogP contribution in [0.1, 0.15) is 21.7 Å². The number of methoxy groups -OCH3 is 2. The van der Waals surface area contributed by atoms with E-state index in [9.17, 15) is 4.79 Å². The Bertz CT molecular complexity index is 577. The van der Waals surface area contributed by atoms with E-state index in [0.29, 0.717) is 24.5 Å². The van der Waals surface area contributed by atoms with Crippen LogP contribution in [0.25, 0.3) is 0 Å². The Kier molecular flexibility index (Phi) is 4.79. The second-order valence-corrected chi connectivity index (χ2v) is 4.28. The summed E-state index contributed by atoms with van der Waals surface area (Å²) in [7, 11) is 3.01. The highest BCUT2D eigenvalue weighted by Gasteiger charge is 2.09. The molecule has 5 heteroatoms. The van der Waals surface area contributed by atoms with Gasteiger partial charge in [-0.25, -0.2) is 4.79 Å². The van der Waals surface area contributed by atoms with Crippen molar-refractivity contribution in [3.05, 3.63) is 53.5 Å². The van der Waals surface area contributed by atoms with Crippen LogP contribution in [0.2, 0.25) is 0 Å². The zero-order chi connectivity index (χ0) is 14.4. The van der Waals surface area contributed by atoms with Gasteiger partial charge in [0, 0.05) is 12.8 Å². The first kappa shape index (κ1) is 14.1. The van der Waals surface area contributed by atoms with Crippen molar-refractivity contribution in [3.8, 4) is 0 Å². The standard InChI is InChI=1S/C15H17NO4/c1-18-9-11-4-3-5-13(6-11)16-8-14-7-12(10-20-14)15(17)19-2/h3-7,10,16H,8-9H2,1-2H3. The third kappa shape index (κ3) is 3.61. The molecule has 0 fully saturated rings. The van der Waals surface area contributed by atoms with E-state index < -0.39 is 5.97 Å². The lowest BCUT2D eigenvalue weighted by molar-refractivity contribution is 0.0600. The van der Waals surface area contributed by atoms with Crippen molar-refractivity contribution >= 4 is 11.7 Å². The van der Waals surface area contributed by atoms with Gasteiger partial charge in [0.2, 0.25) is 0 Å². The molecule has 0 aliphatic rings. The van der Waals surface area contributed by atoms with Crippen molar-refractivity contribution in [2.75, 3.05) is 19.5 Å². The van der Waals surface area contributed by atoms with E-state index in [1.54, 1.807) is 13.2 Å². The van der Waals surface area contributed by atoms with Crippen LogP contribution < -0.4 is 5.32 Å². The fourth-order valence-electron chi connectivity index (χ4n) is 1.83. The van der Waals surface area contributed by atoms with E-state index >= 15 is 0 Å². The first-order valence-corrected chi connectivity index (χ1v) is 6.20. The van der Waals surface area contributed by atoms with Gasteiger partial charge in [-0.05, 0) is 23.8 Å². The molecule has 106 valence electrons. The molecule has 0 bridgehead atoms. The summed E-state index contributed by atoms with van der Waals surface area (Å²) in [5, 5.41) is 3.23. The molecule has 1 N–H and O–H groups in total. The minimum Gasteiger partial charge on any atom is -0.467 e. The van der Waals surface area contributed by atoms with Crippen molar-refractivity contribution in [3.63, 3.8) is 0 Å². The smallest absolute Gasteiger partial charge is 0.341 e. The zero-order valence-electron chi connectivity index (χ0n) is 11.5. The van der Waals surface area contributed by atoms with E-state index in [1.165, 1.54) is 13.4 Å². The van der Waals surface area contributed by atoms with Crippen molar-refractivity contribution < 1.29 is 18.7 Å². The molecule has 0 aliphatic carbocycles. The molecular weight excluding hydrogens is 258 g/mol. The minimum atomic E-state index is -0.401. The van der Waals surface area contributed by atoms with Crippen LogP contribution in [0, 0.1) is 0 Å². The Morgan fingerprint density at radius 1 is 1.30 bits per heavy atom. The molecular formula is C15H17NO4. The van der Waals surface area contributed by atoms with Crippen molar-refractivity contribution in [2.45, 2.75) is 13.2 Å².